The molecule has 0 bridgehead atoms. The minimum Gasteiger partial charge on any atom is -0.357 e. The molecule has 0 saturated carbocycles. The Morgan fingerprint density at radius 2 is 2.04 bits per heavy atom. The van der Waals surface area contributed by atoms with Gasteiger partial charge in [-0.05, 0) is 30.5 Å². The summed E-state index contributed by atoms with van der Waals surface area (Å²) in [4.78, 5) is 13.8. The number of pyridine rings is 1. The maximum atomic E-state index is 4.73. The van der Waals surface area contributed by atoms with Gasteiger partial charge in [0.25, 0.3) is 0 Å². The van der Waals surface area contributed by atoms with Crippen LogP contribution in [-0.4, -0.2) is 22.5 Å². The lowest BCUT2D eigenvalue weighted by atomic mass is 10.1. The summed E-state index contributed by atoms with van der Waals surface area (Å²) in [5.74, 6) is 1.26. The molecule has 0 spiro atoms. The Labute approximate surface area is 158 Å². The van der Waals surface area contributed by atoms with Gasteiger partial charge >= 0.3 is 0 Å². The molecule has 2 heterocycles. The van der Waals surface area contributed by atoms with E-state index in [4.69, 9.17) is 4.99 Å². The molecule has 6 heteroatoms. The monoisotopic (exact) mass is 367 g/mol. The quantitative estimate of drug-likeness (QED) is 0.509. The number of rotatable bonds is 6. The van der Waals surface area contributed by atoms with E-state index in [0.717, 1.165) is 34.1 Å². The average Bonchev–Trinajstić information content (AvgIpc) is 3.13. The Morgan fingerprint density at radius 3 is 2.81 bits per heavy atom. The highest BCUT2D eigenvalue weighted by atomic mass is 32.1. The van der Waals surface area contributed by atoms with Crippen LogP contribution in [0.3, 0.4) is 0 Å². The number of aromatic nitrogens is 2. The van der Waals surface area contributed by atoms with Crippen molar-refractivity contribution in [1.29, 1.82) is 0 Å². The summed E-state index contributed by atoms with van der Waals surface area (Å²) in [6, 6.07) is 10.2. The fourth-order valence-corrected chi connectivity index (χ4v) is 3.53. The number of hydrogen-bond donors (Lipinski definition) is 2. The fraction of sp³-hybridized carbons (Fsp3) is 0.350. The number of fused-ring (bicyclic) bond motifs is 1. The number of para-hydroxylation sites is 1. The van der Waals surface area contributed by atoms with Crippen molar-refractivity contribution in [2.45, 2.75) is 39.8 Å². The van der Waals surface area contributed by atoms with E-state index in [2.05, 4.69) is 52.8 Å². The summed E-state index contributed by atoms with van der Waals surface area (Å²) in [5.41, 5.74) is 3.32. The predicted molar refractivity (Wildman–Crippen MR) is 110 cm³/mol. The lowest BCUT2D eigenvalue weighted by molar-refractivity contribution is 0.788. The molecule has 2 N–H and O–H groups in total. The van der Waals surface area contributed by atoms with Gasteiger partial charge in [-0.2, -0.15) is 0 Å². The van der Waals surface area contributed by atoms with Crippen LogP contribution < -0.4 is 10.6 Å². The number of nitrogens with zero attached hydrogens (tertiary/aromatic N) is 3. The van der Waals surface area contributed by atoms with Gasteiger partial charge in [-0.1, -0.05) is 32.0 Å². The summed E-state index contributed by atoms with van der Waals surface area (Å²) >= 11 is 1.69. The van der Waals surface area contributed by atoms with E-state index < -0.39 is 0 Å². The van der Waals surface area contributed by atoms with Crippen molar-refractivity contribution < 1.29 is 0 Å². The van der Waals surface area contributed by atoms with Gasteiger partial charge in [0.1, 0.15) is 5.01 Å². The van der Waals surface area contributed by atoms with E-state index in [1.807, 2.05) is 30.5 Å². The van der Waals surface area contributed by atoms with E-state index in [1.54, 1.807) is 11.3 Å². The summed E-state index contributed by atoms with van der Waals surface area (Å²) in [6.07, 6.45) is 1.84. The summed E-state index contributed by atoms with van der Waals surface area (Å²) in [5, 5.41) is 11.0. The van der Waals surface area contributed by atoms with Gasteiger partial charge in [-0.15, -0.1) is 11.3 Å². The SMILES string of the molecule is CCNC(=NCc1ccnc2ccccc12)NCc1nc(C(C)C)cs1. The lowest BCUT2D eigenvalue weighted by Crippen LogP contribution is -2.36. The Balaban J connectivity index is 1.70. The zero-order chi connectivity index (χ0) is 18.4. The predicted octanol–water partition coefficient (Wildman–Crippen LogP) is 4.07. The topological polar surface area (TPSA) is 62.2 Å². The molecule has 0 atom stereocenters. The third-order valence-electron chi connectivity index (χ3n) is 4.06. The van der Waals surface area contributed by atoms with Gasteiger partial charge in [-0.25, -0.2) is 9.98 Å². The summed E-state index contributed by atoms with van der Waals surface area (Å²) in [7, 11) is 0. The largest absolute Gasteiger partial charge is 0.357 e. The maximum Gasteiger partial charge on any atom is 0.191 e. The first-order chi connectivity index (χ1) is 12.7. The molecule has 0 radical (unpaired) electrons. The second kappa shape index (κ2) is 8.76. The maximum absolute atomic E-state index is 4.73. The number of hydrogen-bond acceptors (Lipinski definition) is 4. The minimum atomic E-state index is 0.460. The average molecular weight is 368 g/mol. The van der Waals surface area contributed by atoms with Crippen LogP contribution in [0.25, 0.3) is 10.9 Å². The van der Waals surface area contributed by atoms with Crippen LogP contribution in [0, 0.1) is 0 Å². The molecule has 1 aromatic carbocycles. The van der Waals surface area contributed by atoms with Crippen LogP contribution in [0.2, 0.25) is 0 Å². The molecule has 0 amide bonds. The van der Waals surface area contributed by atoms with Gasteiger partial charge in [-0.3, -0.25) is 4.98 Å². The molecule has 0 aliphatic carbocycles. The molecule has 5 nitrogen and oxygen atoms in total. The van der Waals surface area contributed by atoms with Crippen LogP contribution in [0.5, 0.6) is 0 Å². The zero-order valence-corrected chi connectivity index (χ0v) is 16.3. The molecule has 0 saturated heterocycles. The van der Waals surface area contributed by atoms with Crippen LogP contribution in [0.4, 0.5) is 0 Å². The first kappa shape index (κ1) is 18.3. The van der Waals surface area contributed by atoms with Crippen LogP contribution >= 0.6 is 11.3 Å². The second-order valence-corrected chi connectivity index (χ2v) is 7.30. The first-order valence-electron chi connectivity index (χ1n) is 8.96. The highest BCUT2D eigenvalue weighted by Crippen LogP contribution is 2.18. The van der Waals surface area contributed by atoms with Crippen molar-refractivity contribution in [1.82, 2.24) is 20.6 Å². The molecule has 0 aliphatic rings. The summed E-state index contributed by atoms with van der Waals surface area (Å²) < 4.78 is 0. The second-order valence-electron chi connectivity index (χ2n) is 6.36. The molecule has 0 fully saturated rings. The first-order valence-corrected chi connectivity index (χ1v) is 9.84. The highest BCUT2D eigenvalue weighted by molar-refractivity contribution is 7.09. The van der Waals surface area contributed by atoms with Crippen molar-refractivity contribution in [3.63, 3.8) is 0 Å². The number of benzene rings is 1. The van der Waals surface area contributed by atoms with Gasteiger partial charge in [0.2, 0.25) is 0 Å². The molecule has 0 unspecified atom stereocenters. The molecule has 2 aromatic heterocycles. The lowest BCUT2D eigenvalue weighted by Gasteiger charge is -2.11. The van der Waals surface area contributed by atoms with E-state index >= 15 is 0 Å². The smallest absolute Gasteiger partial charge is 0.191 e. The van der Waals surface area contributed by atoms with Crippen molar-refractivity contribution in [2.24, 2.45) is 4.99 Å². The number of thiazole rings is 1. The van der Waals surface area contributed by atoms with Gasteiger partial charge in [0.15, 0.2) is 5.96 Å². The third kappa shape index (κ3) is 4.58. The minimum absolute atomic E-state index is 0.460. The van der Waals surface area contributed by atoms with Crippen molar-refractivity contribution in [3.8, 4) is 0 Å². The standard InChI is InChI=1S/C20H25N5S/c1-4-21-20(24-12-19-25-18(13-26-19)14(2)3)23-11-15-9-10-22-17-8-6-5-7-16(15)17/h5-10,13-14H,4,11-12H2,1-3H3,(H2,21,23,24). The third-order valence-corrected chi connectivity index (χ3v) is 4.93. The van der Waals surface area contributed by atoms with Gasteiger partial charge in [0.05, 0.1) is 24.3 Å². The van der Waals surface area contributed by atoms with Crippen LogP contribution in [-0.2, 0) is 13.1 Å². The Hall–Kier alpha value is -2.47. The Bertz CT molecular complexity index is 879. The molecule has 0 aliphatic heterocycles. The van der Waals surface area contributed by atoms with E-state index in [0.29, 0.717) is 19.0 Å². The van der Waals surface area contributed by atoms with Crippen LogP contribution in [0.15, 0.2) is 46.9 Å². The van der Waals surface area contributed by atoms with Crippen LogP contribution in [0.1, 0.15) is 43.0 Å². The molecular weight excluding hydrogens is 342 g/mol. The Kier molecular flexibility index (Phi) is 6.17. The van der Waals surface area contributed by atoms with E-state index in [9.17, 15) is 0 Å². The summed E-state index contributed by atoms with van der Waals surface area (Å²) in [6.45, 7) is 8.50. The van der Waals surface area contributed by atoms with Gasteiger partial charge in [0, 0.05) is 23.5 Å². The molecular formula is C20H25N5S. The fourth-order valence-electron chi connectivity index (χ4n) is 2.63. The van der Waals surface area contributed by atoms with E-state index in [-0.39, 0.29) is 0 Å². The van der Waals surface area contributed by atoms with Crippen molar-refractivity contribution >= 4 is 28.2 Å². The number of aliphatic imine (C=N–C) groups is 1. The number of guanidine groups is 1. The molecule has 3 aromatic rings. The zero-order valence-electron chi connectivity index (χ0n) is 15.5. The molecule has 136 valence electrons. The van der Waals surface area contributed by atoms with Gasteiger partial charge < -0.3 is 10.6 Å². The molecule has 26 heavy (non-hydrogen) atoms. The number of nitrogens with one attached hydrogen (secondary N) is 2. The molecule has 3 rings (SSSR count). The highest BCUT2D eigenvalue weighted by Gasteiger charge is 2.07. The van der Waals surface area contributed by atoms with Crippen molar-refractivity contribution in [3.05, 3.63) is 58.2 Å². The van der Waals surface area contributed by atoms with Crippen molar-refractivity contribution in [2.75, 3.05) is 6.54 Å². The Morgan fingerprint density at radius 1 is 1.19 bits per heavy atom. The van der Waals surface area contributed by atoms with E-state index in [1.165, 1.54) is 5.56 Å². The normalized spacial score (nSPS) is 11.9.